The van der Waals surface area contributed by atoms with Crippen LogP contribution in [-0.4, -0.2) is 17.4 Å². The Hall–Kier alpha value is -2.07. The van der Waals surface area contributed by atoms with Crippen LogP contribution in [0, 0.1) is 6.92 Å². The third-order valence-corrected chi connectivity index (χ3v) is 3.13. The number of rotatable bonds is 4. The molecule has 0 aliphatic carbocycles. The summed E-state index contributed by atoms with van der Waals surface area (Å²) in [6, 6.07) is 7.18. The van der Waals surface area contributed by atoms with Crippen molar-refractivity contribution in [1.82, 2.24) is 4.98 Å². The third-order valence-electron chi connectivity index (χ3n) is 2.80. The molecule has 1 aromatic heterocycles. The molecule has 20 heavy (non-hydrogen) atoms. The Balaban J connectivity index is 2.26. The Morgan fingerprint density at radius 3 is 2.85 bits per heavy atom. The van der Waals surface area contributed by atoms with Gasteiger partial charge in [-0.25, -0.2) is 0 Å². The van der Waals surface area contributed by atoms with Gasteiger partial charge < -0.3 is 10.6 Å². The summed E-state index contributed by atoms with van der Waals surface area (Å²) in [5.41, 5.74) is 2.89. The van der Waals surface area contributed by atoms with Crippen molar-refractivity contribution in [1.29, 1.82) is 0 Å². The molecule has 0 aliphatic heterocycles. The minimum Gasteiger partial charge on any atom is -0.383 e. The molecule has 2 aromatic rings. The van der Waals surface area contributed by atoms with E-state index in [-0.39, 0.29) is 5.91 Å². The quantitative estimate of drug-likeness (QED) is 0.902. The summed E-state index contributed by atoms with van der Waals surface area (Å²) in [4.78, 5) is 16.4. The number of amides is 1. The van der Waals surface area contributed by atoms with Gasteiger partial charge in [0.2, 0.25) is 0 Å². The molecule has 0 saturated carbocycles. The fourth-order valence-electron chi connectivity index (χ4n) is 1.85. The molecule has 0 unspecified atom stereocenters. The molecule has 0 radical (unpaired) electrons. The molecule has 4 nitrogen and oxygen atoms in total. The number of hydrogen-bond donors (Lipinski definition) is 2. The van der Waals surface area contributed by atoms with Gasteiger partial charge in [-0.3, -0.25) is 9.78 Å². The highest BCUT2D eigenvalue weighted by Crippen LogP contribution is 2.24. The van der Waals surface area contributed by atoms with Gasteiger partial charge in [-0.15, -0.1) is 0 Å². The first-order valence-corrected chi connectivity index (χ1v) is 6.75. The number of anilines is 2. The largest absolute Gasteiger partial charge is 0.383 e. The van der Waals surface area contributed by atoms with Crippen LogP contribution in [0.3, 0.4) is 0 Å². The molecule has 0 spiro atoms. The van der Waals surface area contributed by atoms with Crippen molar-refractivity contribution in [2.24, 2.45) is 0 Å². The van der Waals surface area contributed by atoms with Crippen LogP contribution < -0.4 is 10.6 Å². The van der Waals surface area contributed by atoms with Gasteiger partial charge in [0.05, 0.1) is 28.2 Å². The van der Waals surface area contributed by atoms with Crippen molar-refractivity contribution in [3.05, 3.63) is 52.8 Å². The molecule has 1 amide bonds. The van der Waals surface area contributed by atoms with Crippen LogP contribution >= 0.6 is 11.6 Å². The van der Waals surface area contributed by atoms with Gasteiger partial charge in [-0.2, -0.15) is 0 Å². The second-order valence-electron chi connectivity index (χ2n) is 4.39. The molecule has 2 N–H and O–H groups in total. The fraction of sp³-hybridized carbons (Fsp3) is 0.200. The zero-order chi connectivity index (χ0) is 14.5. The number of pyridine rings is 1. The highest BCUT2D eigenvalue weighted by atomic mass is 35.5. The first-order valence-electron chi connectivity index (χ1n) is 6.37. The van der Waals surface area contributed by atoms with Crippen LogP contribution in [-0.2, 0) is 0 Å². The molecule has 1 heterocycles. The maximum atomic E-state index is 12.3. The number of benzene rings is 1. The standard InChI is InChI=1S/C15H16ClN3O/c1-3-18-14-9-17-7-6-11(14)15(20)19-13-8-10(2)4-5-12(13)16/h4-9,18H,3H2,1-2H3,(H,19,20). The topological polar surface area (TPSA) is 54.0 Å². The number of nitrogens with one attached hydrogen (secondary N) is 2. The Morgan fingerprint density at radius 1 is 1.30 bits per heavy atom. The molecule has 0 fully saturated rings. The van der Waals surface area contributed by atoms with Crippen molar-refractivity contribution >= 4 is 28.9 Å². The van der Waals surface area contributed by atoms with Gasteiger partial charge in [0.1, 0.15) is 0 Å². The highest BCUT2D eigenvalue weighted by molar-refractivity contribution is 6.34. The Morgan fingerprint density at radius 2 is 2.10 bits per heavy atom. The van der Waals surface area contributed by atoms with Gasteiger partial charge in [-0.1, -0.05) is 17.7 Å². The lowest BCUT2D eigenvalue weighted by atomic mass is 10.2. The summed E-state index contributed by atoms with van der Waals surface area (Å²) < 4.78 is 0. The van der Waals surface area contributed by atoms with E-state index >= 15 is 0 Å². The average molecular weight is 290 g/mol. The summed E-state index contributed by atoms with van der Waals surface area (Å²) in [6.07, 6.45) is 3.23. The summed E-state index contributed by atoms with van der Waals surface area (Å²) in [7, 11) is 0. The van der Waals surface area contributed by atoms with Crippen LogP contribution in [0.1, 0.15) is 22.8 Å². The summed E-state index contributed by atoms with van der Waals surface area (Å²) in [6.45, 7) is 4.63. The summed E-state index contributed by atoms with van der Waals surface area (Å²) in [5.74, 6) is -0.212. The normalized spacial score (nSPS) is 10.2. The number of halogens is 1. The lowest BCUT2D eigenvalue weighted by Gasteiger charge is -2.11. The number of nitrogens with zero attached hydrogens (tertiary/aromatic N) is 1. The maximum absolute atomic E-state index is 12.3. The van der Waals surface area contributed by atoms with Crippen molar-refractivity contribution < 1.29 is 4.79 Å². The van der Waals surface area contributed by atoms with Gasteiger partial charge in [0.25, 0.3) is 5.91 Å². The van der Waals surface area contributed by atoms with E-state index in [2.05, 4.69) is 15.6 Å². The monoisotopic (exact) mass is 289 g/mol. The summed E-state index contributed by atoms with van der Waals surface area (Å²) >= 11 is 6.09. The van der Waals surface area contributed by atoms with E-state index in [4.69, 9.17) is 11.6 Å². The minimum absolute atomic E-state index is 0.212. The van der Waals surface area contributed by atoms with Crippen LogP contribution in [0.5, 0.6) is 0 Å². The third kappa shape index (κ3) is 3.27. The van der Waals surface area contributed by atoms with Gasteiger partial charge in [0, 0.05) is 12.7 Å². The van der Waals surface area contributed by atoms with Crippen molar-refractivity contribution in [3.8, 4) is 0 Å². The first kappa shape index (κ1) is 14.3. The van der Waals surface area contributed by atoms with E-state index < -0.39 is 0 Å². The number of aryl methyl sites for hydroxylation is 1. The molecule has 1 aromatic carbocycles. The molecule has 0 atom stereocenters. The van der Waals surface area contributed by atoms with Crippen molar-refractivity contribution in [2.75, 3.05) is 17.2 Å². The first-order chi connectivity index (χ1) is 9.61. The second-order valence-corrected chi connectivity index (χ2v) is 4.80. The number of carbonyl (C=O) groups is 1. The van der Waals surface area contributed by atoms with Gasteiger partial charge >= 0.3 is 0 Å². The van der Waals surface area contributed by atoms with Crippen molar-refractivity contribution in [2.45, 2.75) is 13.8 Å². The SMILES string of the molecule is CCNc1cnccc1C(=O)Nc1cc(C)ccc1Cl. The minimum atomic E-state index is -0.212. The van der Waals surface area contributed by atoms with Crippen LogP contribution in [0.25, 0.3) is 0 Å². The van der Waals surface area contributed by atoms with Gasteiger partial charge in [0.15, 0.2) is 0 Å². The van der Waals surface area contributed by atoms with E-state index in [9.17, 15) is 4.79 Å². The lowest BCUT2D eigenvalue weighted by molar-refractivity contribution is 0.102. The molecular formula is C15H16ClN3O. The van der Waals surface area contributed by atoms with Crippen molar-refractivity contribution in [3.63, 3.8) is 0 Å². The van der Waals surface area contributed by atoms with Gasteiger partial charge in [-0.05, 0) is 37.6 Å². The smallest absolute Gasteiger partial charge is 0.257 e. The molecule has 2 rings (SSSR count). The predicted molar refractivity (Wildman–Crippen MR) is 82.5 cm³/mol. The zero-order valence-electron chi connectivity index (χ0n) is 11.4. The van der Waals surface area contributed by atoms with Crippen LogP contribution in [0.4, 0.5) is 11.4 Å². The average Bonchev–Trinajstić information content (AvgIpc) is 2.44. The molecule has 5 heteroatoms. The number of carbonyl (C=O) groups excluding carboxylic acids is 1. The maximum Gasteiger partial charge on any atom is 0.257 e. The number of hydrogen-bond acceptors (Lipinski definition) is 3. The molecule has 104 valence electrons. The van der Waals surface area contributed by atoms with E-state index in [1.54, 1.807) is 24.5 Å². The zero-order valence-corrected chi connectivity index (χ0v) is 12.2. The molecule has 0 saturated heterocycles. The lowest BCUT2D eigenvalue weighted by Crippen LogP contribution is -2.15. The van der Waals surface area contributed by atoms with E-state index in [1.807, 2.05) is 26.0 Å². The predicted octanol–water partition coefficient (Wildman–Crippen LogP) is 3.73. The molecule has 0 bridgehead atoms. The Kier molecular flexibility index (Phi) is 4.58. The molecular weight excluding hydrogens is 274 g/mol. The van der Waals surface area contributed by atoms with E-state index in [0.717, 1.165) is 12.1 Å². The van der Waals surface area contributed by atoms with E-state index in [0.29, 0.717) is 22.0 Å². The highest BCUT2D eigenvalue weighted by Gasteiger charge is 2.12. The second kappa shape index (κ2) is 6.39. The number of aromatic nitrogens is 1. The summed E-state index contributed by atoms with van der Waals surface area (Å²) in [5, 5.41) is 6.46. The Labute approximate surface area is 123 Å². The Bertz CT molecular complexity index is 628. The van der Waals surface area contributed by atoms with Crippen LogP contribution in [0.2, 0.25) is 5.02 Å². The van der Waals surface area contributed by atoms with Crippen LogP contribution in [0.15, 0.2) is 36.7 Å². The van der Waals surface area contributed by atoms with E-state index in [1.165, 1.54) is 0 Å². The molecule has 0 aliphatic rings. The fourth-order valence-corrected chi connectivity index (χ4v) is 2.01.